The molecule has 1 aromatic rings. The number of hydrogen-bond donors (Lipinski definition) is 2. The predicted molar refractivity (Wildman–Crippen MR) is 69.8 cm³/mol. The first-order valence-electron chi connectivity index (χ1n) is 6.51. The summed E-state index contributed by atoms with van der Waals surface area (Å²) >= 11 is 0. The van der Waals surface area contributed by atoms with E-state index in [0.29, 0.717) is 11.8 Å². The Morgan fingerprint density at radius 1 is 1.41 bits per heavy atom. The topological polar surface area (TPSA) is 49.5 Å². The minimum Gasteiger partial charge on any atom is -0.508 e. The fraction of sp³-hybridized carbons (Fsp3) is 0.571. The van der Waals surface area contributed by atoms with Gasteiger partial charge in [-0.05, 0) is 56.5 Å². The fourth-order valence-electron chi connectivity index (χ4n) is 2.67. The molecule has 0 spiro atoms. The van der Waals surface area contributed by atoms with Gasteiger partial charge in [0, 0.05) is 12.6 Å². The van der Waals surface area contributed by atoms with E-state index in [1.54, 1.807) is 6.07 Å². The molecule has 1 aromatic carbocycles. The molecule has 1 aliphatic rings. The number of phenolic OH excluding ortho intramolecular Hbond substituents is 1. The highest BCUT2D eigenvalue weighted by Crippen LogP contribution is 2.24. The molecule has 0 bridgehead atoms. The normalized spacial score (nSPS) is 20.9. The lowest BCUT2D eigenvalue weighted by molar-refractivity contribution is 0.232. The van der Waals surface area contributed by atoms with Crippen LogP contribution in [0.2, 0.25) is 0 Å². The average Bonchev–Trinajstić information content (AvgIpc) is 2.74. The van der Waals surface area contributed by atoms with Crippen LogP contribution in [0.1, 0.15) is 31.2 Å². The number of nitrogens with zero attached hydrogens (tertiary/aromatic N) is 1. The Bertz CT molecular complexity index is 354. The van der Waals surface area contributed by atoms with Crippen molar-refractivity contribution in [3.05, 3.63) is 29.8 Å². The molecule has 0 amide bonds. The summed E-state index contributed by atoms with van der Waals surface area (Å²) in [7, 11) is 0. The van der Waals surface area contributed by atoms with Crippen LogP contribution in [0.25, 0.3) is 0 Å². The Morgan fingerprint density at radius 3 is 3.06 bits per heavy atom. The Morgan fingerprint density at radius 2 is 2.29 bits per heavy atom. The number of hydrogen-bond acceptors (Lipinski definition) is 3. The van der Waals surface area contributed by atoms with E-state index in [1.165, 1.54) is 31.4 Å². The number of likely N-dealkylation sites (tertiary alicyclic amines) is 1. The molecule has 0 radical (unpaired) electrons. The zero-order chi connectivity index (χ0) is 12.1. The Balaban J connectivity index is 1.93. The van der Waals surface area contributed by atoms with E-state index in [1.807, 2.05) is 12.1 Å². The molecule has 1 saturated heterocycles. The minimum atomic E-state index is 0.361. The third-order valence-electron chi connectivity index (χ3n) is 3.54. The maximum absolute atomic E-state index is 9.46. The van der Waals surface area contributed by atoms with Crippen molar-refractivity contribution in [2.24, 2.45) is 5.73 Å². The van der Waals surface area contributed by atoms with Gasteiger partial charge >= 0.3 is 0 Å². The van der Waals surface area contributed by atoms with Gasteiger partial charge in [-0.2, -0.15) is 0 Å². The molecule has 94 valence electrons. The van der Waals surface area contributed by atoms with E-state index in [0.717, 1.165) is 19.5 Å². The van der Waals surface area contributed by atoms with Crippen LogP contribution in [-0.2, 0) is 6.54 Å². The van der Waals surface area contributed by atoms with E-state index in [4.69, 9.17) is 5.73 Å². The second-order valence-corrected chi connectivity index (χ2v) is 4.87. The summed E-state index contributed by atoms with van der Waals surface area (Å²) in [5, 5.41) is 9.46. The highest BCUT2D eigenvalue weighted by atomic mass is 16.3. The molecule has 1 atom stereocenters. The number of nitrogens with two attached hydrogens (primary N) is 1. The lowest BCUT2D eigenvalue weighted by Gasteiger charge is -2.24. The second kappa shape index (κ2) is 6.03. The number of aromatic hydroxyl groups is 1. The molecule has 3 nitrogen and oxygen atoms in total. The van der Waals surface area contributed by atoms with Gasteiger partial charge in [0.25, 0.3) is 0 Å². The van der Waals surface area contributed by atoms with Crippen LogP contribution in [0.4, 0.5) is 0 Å². The van der Waals surface area contributed by atoms with Crippen LogP contribution in [-0.4, -0.2) is 29.1 Å². The first kappa shape index (κ1) is 12.4. The summed E-state index contributed by atoms with van der Waals surface area (Å²) in [6, 6.07) is 8.26. The first-order valence-corrected chi connectivity index (χ1v) is 6.51. The molecule has 1 heterocycles. The lowest BCUT2D eigenvalue weighted by atomic mass is 10.1. The van der Waals surface area contributed by atoms with Crippen LogP contribution in [0, 0.1) is 0 Å². The average molecular weight is 234 g/mol. The first-order chi connectivity index (χ1) is 8.29. The van der Waals surface area contributed by atoms with Gasteiger partial charge in [-0.25, -0.2) is 0 Å². The molecule has 17 heavy (non-hydrogen) atoms. The Labute approximate surface area is 103 Å². The largest absolute Gasteiger partial charge is 0.508 e. The highest BCUT2D eigenvalue weighted by molar-refractivity contribution is 5.27. The van der Waals surface area contributed by atoms with Crippen LogP contribution in [0.5, 0.6) is 5.75 Å². The summed E-state index contributed by atoms with van der Waals surface area (Å²) in [6.45, 7) is 2.91. The Kier molecular flexibility index (Phi) is 4.40. The summed E-state index contributed by atoms with van der Waals surface area (Å²) in [5.74, 6) is 0.361. The molecule has 0 aromatic heterocycles. The van der Waals surface area contributed by atoms with Crippen molar-refractivity contribution in [1.29, 1.82) is 0 Å². The van der Waals surface area contributed by atoms with Crippen molar-refractivity contribution in [2.75, 3.05) is 13.1 Å². The van der Waals surface area contributed by atoms with Gasteiger partial charge in [0.1, 0.15) is 5.75 Å². The van der Waals surface area contributed by atoms with Crippen LogP contribution >= 0.6 is 0 Å². The summed E-state index contributed by atoms with van der Waals surface area (Å²) in [6.07, 6.45) is 4.89. The number of benzene rings is 1. The van der Waals surface area contributed by atoms with Gasteiger partial charge in [0.2, 0.25) is 0 Å². The zero-order valence-electron chi connectivity index (χ0n) is 10.3. The quantitative estimate of drug-likeness (QED) is 0.820. The summed E-state index contributed by atoms with van der Waals surface area (Å²) < 4.78 is 0. The van der Waals surface area contributed by atoms with Crippen molar-refractivity contribution >= 4 is 0 Å². The molecule has 3 N–H and O–H groups in total. The van der Waals surface area contributed by atoms with Crippen molar-refractivity contribution in [3.8, 4) is 5.75 Å². The van der Waals surface area contributed by atoms with Gasteiger partial charge in [-0.1, -0.05) is 12.1 Å². The molecular weight excluding hydrogens is 212 g/mol. The van der Waals surface area contributed by atoms with E-state index in [2.05, 4.69) is 11.0 Å². The highest BCUT2D eigenvalue weighted by Gasteiger charge is 2.23. The van der Waals surface area contributed by atoms with Crippen molar-refractivity contribution < 1.29 is 5.11 Å². The van der Waals surface area contributed by atoms with E-state index in [9.17, 15) is 5.11 Å². The molecule has 1 fully saturated rings. The monoisotopic (exact) mass is 234 g/mol. The van der Waals surface area contributed by atoms with Crippen LogP contribution in [0.3, 0.4) is 0 Å². The molecule has 2 rings (SSSR count). The predicted octanol–water partition coefficient (Wildman–Crippen LogP) is 2.10. The lowest BCUT2D eigenvalue weighted by Crippen LogP contribution is -2.29. The summed E-state index contributed by atoms with van der Waals surface area (Å²) in [5.41, 5.74) is 6.77. The molecule has 1 aliphatic heterocycles. The van der Waals surface area contributed by atoms with E-state index < -0.39 is 0 Å². The fourth-order valence-corrected chi connectivity index (χ4v) is 2.67. The second-order valence-electron chi connectivity index (χ2n) is 4.87. The van der Waals surface area contributed by atoms with Crippen molar-refractivity contribution in [3.63, 3.8) is 0 Å². The molecule has 3 heteroatoms. The molecular formula is C14H22N2O. The molecule has 0 saturated carbocycles. The van der Waals surface area contributed by atoms with E-state index >= 15 is 0 Å². The standard InChI is InChI=1S/C14H22N2O/c15-8-2-5-13-6-3-9-16(13)11-12-4-1-7-14(17)10-12/h1,4,7,10,13,17H,2-3,5-6,8-9,11,15H2. The maximum atomic E-state index is 9.46. The van der Waals surface area contributed by atoms with Crippen LogP contribution in [0.15, 0.2) is 24.3 Å². The molecule has 0 aliphatic carbocycles. The van der Waals surface area contributed by atoms with Gasteiger partial charge in [0.15, 0.2) is 0 Å². The maximum Gasteiger partial charge on any atom is 0.115 e. The van der Waals surface area contributed by atoms with Gasteiger partial charge in [-0.3, -0.25) is 4.90 Å². The smallest absolute Gasteiger partial charge is 0.115 e. The third-order valence-corrected chi connectivity index (χ3v) is 3.54. The van der Waals surface area contributed by atoms with E-state index in [-0.39, 0.29) is 0 Å². The number of phenols is 1. The number of rotatable bonds is 5. The van der Waals surface area contributed by atoms with Gasteiger partial charge in [-0.15, -0.1) is 0 Å². The molecule has 1 unspecified atom stereocenters. The minimum absolute atomic E-state index is 0.361. The SMILES string of the molecule is NCCCC1CCCN1Cc1cccc(O)c1. The van der Waals surface area contributed by atoms with Gasteiger partial charge in [0.05, 0.1) is 0 Å². The Hall–Kier alpha value is -1.06. The van der Waals surface area contributed by atoms with Crippen molar-refractivity contribution in [1.82, 2.24) is 4.90 Å². The third kappa shape index (κ3) is 3.45. The van der Waals surface area contributed by atoms with Crippen molar-refractivity contribution in [2.45, 2.75) is 38.3 Å². The summed E-state index contributed by atoms with van der Waals surface area (Å²) in [4.78, 5) is 2.52. The zero-order valence-corrected chi connectivity index (χ0v) is 10.3. The van der Waals surface area contributed by atoms with Crippen LogP contribution < -0.4 is 5.73 Å². The van der Waals surface area contributed by atoms with Gasteiger partial charge < -0.3 is 10.8 Å².